The minimum atomic E-state index is -0.454. The van der Waals surface area contributed by atoms with Crippen molar-refractivity contribution in [3.63, 3.8) is 0 Å². The predicted molar refractivity (Wildman–Crippen MR) is 87.2 cm³/mol. The molecule has 1 unspecified atom stereocenters. The summed E-state index contributed by atoms with van der Waals surface area (Å²) in [4.78, 5) is 0. The zero-order valence-electron chi connectivity index (χ0n) is 10.8. The molecule has 21 heavy (non-hydrogen) atoms. The molecule has 2 aromatic rings. The second kappa shape index (κ2) is 6.03. The van der Waals surface area contributed by atoms with Crippen LogP contribution in [0.2, 0.25) is 10.0 Å². The smallest absolute Gasteiger partial charge is 0.126 e. The Morgan fingerprint density at radius 2 is 1.95 bits per heavy atom. The molecule has 1 N–H and O–H groups in total. The number of hydrogen-bond acceptors (Lipinski definition) is 2. The molecule has 3 rings (SSSR count). The van der Waals surface area contributed by atoms with Crippen molar-refractivity contribution in [2.45, 2.75) is 12.5 Å². The van der Waals surface area contributed by atoms with Crippen molar-refractivity contribution in [1.29, 1.82) is 0 Å². The Balaban J connectivity index is 1.68. The maximum Gasteiger partial charge on any atom is 0.126 e. The molecule has 1 atom stereocenters. The molecular weight excluding hydrogens is 380 g/mol. The van der Waals surface area contributed by atoms with E-state index in [4.69, 9.17) is 27.9 Å². The number of fused-ring (bicyclic) bond motifs is 1. The van der Waals surface area contributed by atoms with E-state index >= 15 is 0 Å². The van der Waals surface area contributed by atoms with Gasteiger partial charge in [0.05, 0.1) is 22.3 Å². The van der Waals surface area contributed by atoms with Gasteiger partial charge >= 0.3 is 0 Å². The fourth-order valence-electron chi connectivity index (χ4n) is 2.33. The standard InChI is InChI=1S/C15H11BrCl2FNO/c16-9-1-2-14-8(3-9)4-11(21-14)7-20-15-12(17)5-10(19)6-13(15)18/h1-3,5-6,11,20H,4,7H2. The van der Waals surface area contributed by atoms with Crippen molar-refractivity contribution in [3.8, 4) is 5.75 Å². The molecule has 1 aliphatic rings. The normalized spacial score (nSPS) is 16.5. The Morgan fingerprint density at radius 1 is 1.24 bits per heavy atom. The minimum absolute atomic E-state index is 0.00788. The van der Waals surface area contributed by atoms with Crippen molar-refractivity contribution in [3.05, 3.63) is 56.2 Å². The van der Waals surface area contributed by atoms with E-state index in [1.165, 1.54) is 12.1 Å². The van der Waals surface area contributed by atoms with Gasteiger partial charge in [0, 0.05) is 10.9 Å². The summed E-state index contributed by atoms with van der Waals surface area (Å²) in [5.74, 6) is 0.436. The van der Waals surface area contributed by atoms with Crippen molar-refractivity contribution in [2.75, 3.05) is 11.9 Å². The lowest BCUT2D eigenvalue weighted by molar-refractivity contribution is 0.246. The molecule has 0 aromatic heterocycles. The van der Waals surface area contributed by atoms with E-state index in [-0.39, 0.29) is 16.1 Å². The van der Waals surface area contributed by atoms with E-state index in [1.807, 2.05) is 18.2 Å². The first kappa shape index (κ1) is 14.9. The molecule has 0 fully saturated rings. The fourth-order valence-corrected chi connectivity index (χ4v) is 3.33. The third-order valence-corrected chi connectivity index (χ3v) is 4.37. The summed E-state index contributed by atoms with van der Waals surface area (Å²) >= 11 is 15.4. The van der Waals surface area contributed by atoms with Crippen molar-refractivity contribution < 1.29 is 9.13 Å². The van der Waals surface area contributed by atoms with Crippen LogP contribution in [0.1, 0.15) is 5.56 Å². The molecule has 0 saturated carbocycles. The summed E-state index contributed by atoms with van der Waals surface area (Å²) in [5, 5.41) is 3.66. The number of benzene rings is 2. The third kappa shape index (κ3) is 3.28. The van der Waals surface area contributed by atoms with Crippen molar-refractivity contribution in [2.24, 2.45) is 0 Å². The molecular formula is C15H11BrCl2FNO. The number of hydrogen-bond donors (Lipinski definition) is 1. The minimum Gasteiger partial charge on any atom is -0.488 e. The molecule has 0 spiro atoms. The molecule has 110 valence electrons. The SMILES string of the molecule is Fc1cc(Cl)c(NCC2Cc3cc(Br)ccc3O2)c(Cl)c1. The fraction of sp³-hybridized carbons (Fsp3) is 0.200. The zero-order chi connectivity index (χ0) is 15.0. The second-order valence-electron chi connectivity index (χ2n) is 4.82. The predicted octanol–water partition coefficient (Wildman–Crippen LogP) is 5.31. The highest BCUT2D eigenvalue weighted by Crippen LogP contribution is 2.34. The molecule has 0 saturated heterocycles. The van der Waals surface area contributed by atoms with Gasteiger partial charge in [0.15, 0.2) is 0 Å². The van der Waals surface area contributed by atoms with Gasteiger partial charge in [-0.15, -0.1) is 0 Å². The van der Waals surface area contributed by atoms with Gasteiger partial charge in [-0.05, 0) is 35.9 Å². The van der Waals surface area contributed by atoms with E-state index in [9.17, 15) is 4.39 Å². The molecule has 1 aliphatic heterocycles. The van der Waals surface area contributed by atoms with Crippen LogP contribution in [0.15, 0.2) is 34.8 Å². The van der Waals surface area contributed by atoms with Gasteiger partial charge < -0.3 is 10.1 Å². The summed E-state index contributed by atoms with van der Waals surface area (Å²) < 4.78 is 20.0. The number of halogens is 4. The van der Waals surface area contributed by atoms with Gasteiger partial charge in [0.1, 0.15) is 17.7 Å². The second-order valence-corrected chi connectivity index (χ2v) is 6.55. The summed E-state index contributed by atoms with van der Waals surface area (Å²) in [7, 11) is 0. The van der Waals surface area contributed by atoms with Crippen LogP contribution in [0.3, 0.4) is 0 Å². The van der Waals surface area contributed by atoms with Crippen LogP contribution in [-0.4, -0.2) is 12.6 Å². The third-order valence-electron chi connectivity index (χ3n) is 3.28. The number of ether oxygens (including phenoxy) is 1. The van der Waals surface area contributed by atoms with Crippen LogP contribution in [-0.2, 0) is 6.42 Å². The first-order chi connectivity index (χ1) is 10.0. The van der Waals surface area contributed by atoms with Crippen LogP contribution in [0, 0.1) is 5.82 Å². The molecule has 6 heteroatoms. The van der Waals surface area contributed by atoms with Crippen molar-refractivity contribution >= 4 is 44.8 Å². The summed E-state index contributed by atoms with van der Waals surface area (Å²) in [6.07, 6.45) is 0.796. The molecule has 0 aliphatic carbocycles. The van der Waals surface area contributed by atoms with E-state index in [0.717, 1.165) is 22.2 Å². The number of nitrogens with one attached hydrogen (secondary N) is 1. The Bertz CT molecular complexity index is 672. The average Bonchev–Trinajstić information content (AvgIpc) is 2.79. The highest BCUT2D eigenvalue weighted by molar-refractivity contribution is 9.10. The molecule has 0 bridgehead atoms. The van der Waals surface area contributed by atoms with Crippen molar-refractivity contribution in [1.82, 2.24) is 0 Å². The van der Waals surface area contributed by atoms with E-state index < -0.39 is 5.82 Å². The lowest BCUT2D eigenvalue weighted by Gasteiger charge is -2.15. The van der Waals surface area contributed by atoms with Gasteiger partial charge in [0.2, 0.25) is 0 Å². The summed E-state index contributed by atoms with van der Waals surface area (Å²) in [6, 6.07) is 8.40. The lowest BCUT2D eigenvalue weighted by Crippen LogP contribution is -2.24. The molecule has 1 heterocycles. The van der Waals surface area contributed by atoms with Gasteiger partial charge in [0.25, 0.3) is 0 Å². The van der Waals surface area contributed by atoms with E-state index in [0.29, 0.717) is 12.2 Å². The first-order valence-corrected chi connectivity index (χ1v) is 7.91. The molecule has 2 nitrogen and oxygen atoms in total. The molecule has 0 radical (unpaired) electrons. The van der Waals surface area contributed by atoms with Crippen LogP contribution in [0.4, 0.5) is 10.1 Å². The first-order valence-electron chi connectivity index (χ1n) is 6.36. The largest absolute Gasteiger partial charge is 0.488 e. The van der Waals surface area contributed by atoms with Crippen LogP contribution in [0.5, 0.6) is 5.75 Å². The monoisotopic (exact) mass is 389 g/mol. The number of anilines is 1. The number of rotatable bonds is 3. The molecule has 2 aromatic carbocycles. The van der Waals surface area contributed by atoms with Gasteiger partial charge in [-0.2, -0.15) is 0 Å². The highest BCUT2D eigenvalue weighted by Gasteiger charge is 2.23. The Labute approximate surface area is 140 Å². The quantitative estimate of drug-likeness (QED) is 0.766. The maximum absolute atomic E-state index is 13.1. The van der Waals surface area contributed by atoms with Gasteiger partial charge in [-0.3, -0.25) is 0 Å². The average molecular weight is 391 g/mol. The lowest BCUT2D eigenvalue weighted by atomic mass is 10.1. The Hall–Kier alpha value is -0.970. The summed E-state index contributed by atoms with van der Waals surface area (Å²) in [5.41, 5.74) is 1.69. The Morgan fingerprint density at radius 3 is 2.67 bits per heavy atom. The van der Waals surface area contributed by atoms with E-state index in [1.54, 1.807) is 0 Å². The highest BCUT2D eigenvalue weighted by atomic mass is 79.9. The van der Waals surface area contributed by atoms with Crippen LogP contribution >= 0.6 is 39.1 Å². The maximum atomic E-state index is 13.1. The summed E-state index contributed by atoms with van der Waals surface area (Å²) in [6.45, 7) is 0.539. The van der Waals surface area contributed by atoms with Gasteiger partial charge in [-0.1, -0.05) is 39.1 Å². The zero-order valence-corrected chi connectivity index (χ0v) is 13.9. The molecule has 0 amide bonds. The van der Waals surface area contributed by atoms with Crippen LogP contribution in [0.25, 0.3) is 0 Å². The Kier molecular flexibility index (Phi) is 4.29. The van der Waals surface area contributed by atoms with Gasteiger partial charge in [-0.25, -0.2) is 4.39 Å². The van der Waals surface area contributed by atoms with E-state index in [2.05, 4.69) is 21.2 Å². The van der Waals surface area contributed by atoms with Crippen LogP contribution < -0.4 is 10.1 Å². The topological polar surface area (TPSA) is 21.3 Å².